The van der Waals surface area contributed by atoms with Gasteiger partial charge in [-0.3, -0.25) is 0 Å². The number of nitrogens with one attached hydrogen (secondary N) is 1. The van der Waals surface area contributed by atoms with Crippen molar-refractivity contribution >= 4 is 0 Å². The van der Waals surface area contributed by atoms with E-state index in [4.69, 9.17) is 0 Å². The molecule has 2 nitrogen and oxygen atoms in total. The lowest BCUT2D eigenvalue weighted by Crippen LogP contribution is -2.56. The maximum atomic E-state index is 10.6. The van der Waals surface area contributed by atoms with Crippen molar-refractivity contribution in [3.05, 3.63) is 0 Å². The summed E-state index contributed by atoms with van der Waals surface area (Å²) >= 11 is 0. The molecule has 3 fully saturated rings. The highest BCUT2D eigenvalue weighted by atomic mass is 16.3. The van der Waals surface area contributed by atoms with Crippen LogP contribution in [0.25, 0.3) is 0 Å². The molecule has 0 spiro atoms. The van der Waals surface area contributed by atoms with Gasteiger partial charge in [0.2, 0.25) is 0 Å². The minimum absolute atomic E-state index is 0.397. The highest BCUT2D eigenvalue weighted by molar-refractivity contribution is 5.06. The summed E-state index contributed by atoms with van der Waals surface area (Å²) in [6, 6.07) is 1.21. The van der Waals surface area contributed by atoms with Crippen LogP contribution in [0.5, 0.6) is 0 Å². The van der Waals surface area contributed by atoms with E-state index in [0.717, 1.165) is 12.3 Å². The van der Waals surface area contributed by atoms with Crippen LogP contribution in [0.4, 0.5) is 0 Å². The zero-order chi connectivity index (χ0) is 10.5. The summed E-state index contributed by atoms with van der Waals surface area (Å²) in [6.45, 7) is 2.09. The smallest absolute Gasteiger partial charge is 0.0680 e. The Labute approximate surface area is 92.4 Å². The molecule has 2 saturated heterocycles. The Kier molecular flexibility index (Phi) is 2.33. The van der Waals surface area contributed by atoms with Crippen LogP contribution >= 0.6 is 0 Å². The summed E-state index contributed by atoms with van der Waals surface area (Å²) in [4.78, 5) is 0. The van der Waals surface area contributed by atoms with Crippen LogP contribution in [0.1, 0.15) is 51.9 Å². The van der Waals surface area contributed by atoms with Crippen molar-refractivity contribution in [3.63, 3.8) is 0 Å². The molecule has 4 atom stereocenters. The topological polar surface area (TPSA) is 32.3 Å². The summed E-state index contributed by atoms with van der Waals surface area (Å²) in [5.74, 6) is 1.32. The Morgan fingerprint density at radius 3 is 2.60 bits per heavy atom. The molecule has 3 aliphatic rings. The van der Waals surface area contributed by atoms with Crippen LogP contribution < -0.4 is 5.32 Å². The first-order valence-corrected chi connectivity index (χ1v) is 6.65. The number of fused-ring (bicyclic) bond motifs is 2. The Morgan fingerprint density at radius 2 is 1.87 bits per heavy atom. The third-order valence-corrected chi connectivity index (χ3v) is 4.99. The Balaban J connectivity index is 1.83. The van der Waals surface area contributed by atoms with Crippen molar-refractivity contribution in [2.45, 2.75) is 69.6 Å². The lowest BCUT2D eigenvalue weighted by molar-refractivity contribution is -0.0673. The summed E-state index contributed by atoms with van der Waals surface area (Å²) in [5.41, 5.74) is -0.397. The predicted octanol–water partition coefficient (Wildman–Crippen LogP) is 2.07. The molecule has 2 N–H and O–H groups in total. The van der Waals surface area contributed by atoms with Gasteiger partial charge in [-0.25, -0.2) is 0 Å². The van der Waals surface area contributed by atoms with Gasteiger partial charge >= 0.3 is 0 Å². The molecule has 3 rings (SSSR count). The van der Waals surface area contributed by atoms with E-state index in [9.17, 15) is 5.11 Å². The predicted molar refractivity (Wildman–Crippen MR) is 60.6 cm³/mol. The molecule has 2 bridgehead atoms. The van der Waals surface area contributed by atoms with E-state index in [-0.39, 0.29) is 0 Å². The molecule has 1 aliphatic carbocycles. The molecule has 1 saturated carbocycles. The van der Waals surface area contributed by atoms with Crippen molar-refractivity contribution < 1.29 is 5.11 Å². The van der Waals surface area contributed by atoms with Gasteiger partial charge in [-0.15, -0.1) is 0 Å². The zero-order valence-corrected chi connectivity index (χ0v) is 9.71. The van der Waals surface area contributed by atoms with Crippen molar-refractivity contribution in [3.8, 4) is 0 Å². The lowest BCUT2D eigenvalue weighted by atomic mass is 9.70. The van der Waals surface area contributed by atoms with E-state index in [1.54, 1.807) is 0 Å². The first kappa shape index (κ1) is 10.1. The Bertz CT molecular complexity index is 243. The number of piperidine rings is 1. The molecule has 2 heteroatoms. The number of rotatable bonds is 1. The molecule has 86 valence electrons. The first-order valence-electron chi connectivity index (χ1n) is 6.65. The van der Waals surface area contributed by atoms with E-state index in [0.29, 0.717) is 18.0 Å². The van der Waals surface area contributed by atoms with E-state index < -0.39 is 5.60 Å². The summed E-state index contributed by atoms with van der Waals surface area (Å²) < 4.78 is 0. The Hall–Kier alpha value is -0.0800. The zero-order valence-electron chi connectivity index (χ0n) is 9.71. The molecular formula is C13H23NO. The molecule has 0 aromatic rings. The molecular weight excluding hydrogens is 186 g/mol. The maximum absolute atomic E-state index is 10.6. The highest BCUT2D eigenvalue weighted by Gasteiger charge is 2.50. The lowest BCUT2D eigenvalue weighted by Gasteiger charge is -2.45. The van der Waals surface area contributed by atoms with Crippen molar-refractivity contribution in [2.75, 3.05) is 0 Å². The van der Waals surface area contributed by atoms with Gasteiger partial charge in [0.05, 0.1) is 5.60 Å². The fraction of sp³-hybridized carbons (Fsp3) is 1.00. The van der Waals surface area contributed by atoms with E-state index in [1.807, 2.05) is 0 Å². The fourth-order valence-corrected chi connectivity index (χ4v) is 4.52. The Morgan fingerprint density at radius 1 is 1.13 bits per heavy atom. The van der Waals surface area contributed by atoms with E-state index in [2.05, 4.69) is 12.2 Å². The van der Waals surface area contributed by atoms with Crippen LogP contribution in [-0.2, 0) is 0 Å². The minimum Gasteiger partial charge on any atom is -0.390 e. The van der Waals surface area contributed by atoms with Crippen LogP contribution in [0.15, 0.2) is 0 Å². The number of hydrogen-bond acceptors (Lipinski definition) is 2. The first-order chi connectivity index (χ1) is 7.17. The molecule has 2 heterocycles. The van der Waals surface area contributed by atoms with Crippen molar-refractivity contribution in [1.29, 1.82) is 0 Å². The summed E-state index contributed by atoms with van der Waals surface area (Å²) in [5, 5.41) is 14.3. The van der Waals surface area contributed by atoms with Gasteiger partial charge in [0.15, 0.2) is 0 Å². The molecule has 4 unspecified atom stereocenters. The van der Waals surface area contributed by atoms with Gasteiger partial charge < -0.3 is 10.4 Å². The molecule has 0 radical (unpaired) electrons. The average Bonchev–Trinajstić information content (AvgIpc) is 2.75. The minimum atomic E-state index is -0.397. The SMILES string of the molecule is CC1(O)CC2CCC(N2)C1C1CCCC1. The summed E-state index contributed by atoms with van der Waals surface area (Å²) in [7, 11) is 0. The van der Waals surface area contributed by atoms with Gasteiger partial charge in [0, 0.05) is 18.0 Å². The van der Waals surface area contributed by atoms with E-state index in [1.165, 1.54) is 38.5 Å². The standard InChI is InChI=1S/C13H23NO/c1-13(15)8-10-6-7-11(14-10)12(13)9-4-2-3-5-9/h9-12,14-15H,2-8H2,1H3. The second-order valence-corrected chi connectivity index (χ2v) is 6.18. The molecule has 15 heavy (non-hydrogen) atoms. The maximum Gasteiger partial charge on any atom is 0.0680 e. The molecule has 0 aromatic heterocycles. The monoisotopic (exact) mass is 209 g/mol. The normalized spacial score (nSPS) is 51.2. The van der Waals surface area contributed by atoms with Gasteiger partial charge in [0.1, 0.15) is 0 Å². The fourth-order valence-electron chi connectivity index (χ4n) is 4.52. The second kappa shape index (κ2) is 3.46. The van der Waals surface area contributed by atoms with Gasteiger partial charge in [-0.05, 0) is 32.1 Å². The van der Waals surface area contributed by atoms with Crippen molar-refractivity contribution in [1.82, 2.24) is 5.32 Å². The highest BCUT2D eigenvalue weighted by Crippen LogP contribution is 2.46. The average molecular weight is 209 g/mol. The third-order valence-electron chi connectivity index (χ3n) is 4.99. The van der Waals surface area contributed by atoms with Crippen molar-refractivity contribution in [2.24, 2.45) is 11.8 Å². The molecule has 0 amide bonds. The van der Waals surface area contributed by atoms with Gasteiger partial charge in [0.25, 0.3) is 0 Å². The third kappa shape index (κ3) is 1.62. The quantitative estimate of drug-likeness (QED) is 0.693. The van der Waals surface area contributed by atoms with Crippen LogP contribution in [0.3, 0.4) is 0 Å². The largest absolute Gasteiger partial charge is 0.390 e. The molecule has 2 aliphatic heterocycles. The van der Waals surface area contributed by atoms with Gasteiger partial charge in [-0.2, -0.15) is 0 Å². The second-order valence-electron chi connectivity index (χ2n) is 6.18. The van der Waals surface area contributed by atoms with Crippen LogP contribution in [-0.4, -0.2) is 22.8 Å². The number of hydrogen-bond donors (Lipinski definition) is 2. The van der Waals surface area contributed by atoms with Gasteiger partial charge in [-0.1, -0.05) is 25.7 Å². The molecule has 0 aromatic carbocycles. The summed E-state index contributed by atoms with van der Waals surface area (Å²) in [6.07, 6.45) is 9.02. The van der Waals surface area contributed by atoms with Crippen LogP contribution in [0.2, 0.25) is 0 Å². The number of aliphatic hydroxyl groups is 1. The van der Waals surface area contributed by atoms with E-state index >= 15 is 0 Å². The van der Waals surface area contributed by atoms with Crippen LogP contribution in [0, 0.1) is 11.8 Å².